The molecule has 0 saturated heterocycles. The lowest BCUT2D eigenvalue weighted by atomic mass is 10.0. The van der Waals surface area contributed by atoms with Gasteiger partial charge >= 0.3 is 0 Å². The summed E-state index contributed by atoms with van der Waals surface area (Å²) in [7, 11) is 0. The van der Waals surface area contributed by atoms with Crippen molar-refractivity contribution < 1.29 is 4.79 Å². The molecule has 3 heteroatoms. The lowest BCUT2D eigenvalue weighted by molar-refractivity contribution is 0.102. The average molecular weight is 319 g/mol. The van der Waals surface area contributed by atoms with E-state index in [1.807, 2.05) is 24.3 Å². The predicted molar refractivity (Wildman–Crippen MR) is 91.6 cm³/mol. The maximum absolute atomic E-state index is 11.5. The molecule has 0 radical (unpaired) electrons. The van der Waals surface area contributed by atoms with Gasteiger partial charge in [-0.2, -0.15) is 0 Å². The van der Waals surface area contributed by atoms with Crippen molar-refractivity contribution >= 4 is 29.1 Å². The molecule has 1 nitrogen and oxygen atoms in total. The zero-order valence-corrected chi connectivity index (χ0v) is 13.9. The van der Waals surface area contributed by atoms with Gasteiger partial charge in [0.2, 0.25) is 0 Å². The van der Waals surface area contributed by atoms with Crippen molar-refractivity contribution in [2.24, 2.45) is 0 Å². The van der Waals surface area contributed by atoms with Crippen LogP contribution in [0, 0.1) is 0 Å². The van der Waals surface area contributed by atoms with Gasteiger partial charge in [-0.1, -0.05) is 50.2 Å². The SMILES string of the molecule is CC(C)c1ccc(CSc2ccc(C(=O)CCl)cc2)cc1. The second-order valence-electron chi connectivity index (χ2n) is 5.27. The third-order valence-corrected chi connectivity index (χ3v) is 4.68. The van der Waals surface area contributed by atoms with E-state index in [9.17, 15) is 4.79 Å². The van der Waals surface area contributed by atoms with Gasteiger partial charge in [0.15, 0.2) is 5.78 Å². The van der Waals surface area contributed by atoms with Gasteiger partial charge in [0.25, 0.3) is 0 Å². The highest BCUT2D eigenvalue weighted by molar-refractivity contribution is 7.98. The monoisotopic (exact) mass is 318 g/mol. The minimum atomic E-state index is -0.0301. The number of carbonyl (C=O) groups excluding carboxylic acids is 1. The number of Topliss-reactive ketones (excluding diaryl/α,β-unsaturated/α-hetero) is 1. The first-order valence-electron chi connectivity index (χ1n) is 7.01. The molecule has 0 saturated carbocycles. The smallest absolute Gasteiger partial charge is 0.177 e. The zero-order chi connectivity index (χ0) is 15.2. The minimum absolute atomic E-state index is 0.0301. The second kappa shape index (κ2) is 7.67. The van der Waals surface area contributed by atoms with Crippen molar-refractivity contribution in [1.29, 1.82) is 0 Å². The van der Waals surface area contributed by atoms with Crippen LogP contribution in [0.1, 0.15) is 41.3 Å². The van der Waals surface area contributed by atoms with Crippen LogP contribution >= 0.6 is 23.4 Å². The van der Waals surface area contributed by atoms with Crippen LogP contribution in [-0.2, 0) is 5.75 Å². The summed E-state index contributed by atoms with van der Waals surface area (Å²) < 4.78 is 0. The van der Waals surface area contributed by atoms with Crippen molar-refractivity contribution in [2.75, 3.05) is 5.88 Å². The van der Waals surface area contributed by atoms with Gasteiger partial charge in [0, 0.05) is 16.2 Å². The molecule has 0 aliphatic heterocycles. The predicted octanol–water partition coefficient (Wildman–Crippen LogP) is 5.52. The molecule has 0 heterocycles. The number of benzene rings is 2. The summed E-state index contributed by atoms with van der Waals surface area (Å²) in [5, 5.41) is 0. The summed E-state index contributed by atoms with van der Waals surface area (Å²) in [6.07, 6.45) is 0. The Bertz CT molecular complexity index is 588. The van der Waals surface area contributed by atoms with Crippen LogP contribution in [0.5, 0.6) is 0 Å². The molecule has 0 unspecified atom stereocenters. The fourth-order valence-electron chi connectivity index (χ4n) is 1.98. The Morgan fingerprint density at radius 3 is 2.19 bits per heavy atom. The van der Waals surface area contributed by atoms with E-state index in [1.165, 1.54) is 11.1 Å². The van der Waals surface area contributed by atoms with Gasteiger partial charge in [0.1, 0.15) is 0 Å². The molecule has 0 spiro atoms. The maximum atomic E-state index is 11.5. The van der Waals surface area contributed by atoms with Crippen molar-refractivity contribution in [3.63, 3.8) is 0 Å². The van der Waals surface area contributed by atoms with Gasteiger partial charge in [0.05, 0.1) is 5.88 Å². The van der Waals surface area contributed by atoms with Gasteiger partial charge < -0.3 is 0 Å². The summed E-state index contributed by atoms with van der Waals surface area (Å²) in [6, 6.07) is 16.4. The molecular formula is C18H19ClOS. The molecule has 2 rings (SSSR count). The Balaban J connectivity index is 1.95. The first kappa shape index (κ1) is 16.1. The molecular weight excluding hydrogens is 300 g/mol. The molecule has 0 aliphatic rings. The molecule has 0 amide bonds. The number of carbonyl (C=O) groups is 1. The summed E-state index contributed by atoms with van der Waals surface area (Å²) in [5.41, 5.74) is 3.36. The molecule has 21 heavy (non-hydrogen) atoms. The van der Waals surface area contributed by atoms with E-state index in [0.29, 0.717) is 11.5 Å². The molecule has 2 aromatic carbocycles. The van der Waals surface area contributed by atoms with Crippen LogP contribution in [0.4, 0.5) is 0 Å². The maximum Gasteiger partial charge on any atom is 0.177 e. The highest BCUT2D eigenvalue weighted by atomic mass is 35.5. The zero-order valence-electron chi connectivity index (χ0n) is 12.3. The molecule has 110 valence electrons. The number of alkyl halides is 1. The Hall–Kier alpha value is -1.25. The summed E-state index contributed by atoms with van der Waals surface area (Å²) >= 11 is 7.32. The summed E-state index contributed by atoms with van der Waals surface area (Å²) in [5.74, 6) is 1.51. The lowest BCUT2D eigenvalue weighted by Crippen LogP contribution is -1.99. The average Bonchev–Trinajstić information content (AvgIpc) is 2.53. The van der Waals surface area contributed by atoms with E-state index in [2.05, 4.69) is 38.1 Å². The van der Waals surface area contributed by atoms with E-state index >= 15 is 0 Å². The van der Waals surface area contributed by atoms with Crippen LogP contribution < -0.4 is 0 Å². The van der Waals surface area contributed by atoms with Crippen molar-refractivity contribution in [3.05, 3.63) is 65.2 Å². The van der Waals surface area contributed by atoms with Gasteiger partial charge in [-0.25, -0.2) is 0 Å². The highest BCUT2D eigenvalue weighted by Gasteiger charge is 2.04. The second-order valence-corrected chi connectivity index (χ2v) is 6.58. The fourth-order valence-corrected chi connectivity index (χ4v) is 2.99. The Morgan fingerprint density at radius 2 is 1.67 bits per heavy atom. The van der Waals surface area contributed by atoms with Gasteiger partial charge in [-0.15, -0.1) is 23.4 Å². The molecule has 0 aliphatic carbocycles. The number of thioether (sulfide) groups is 1. The third-order valence-electron chi connectivity index (χ3n) is 3.35. The molecule has 0 N–H and O–H groups in total. The van der Waals surface area contributed by atoms with E-state index in [-0.39, 0.29) is 11.7 Å². The lowest BCUT2D eigenvalue weighted by Gasteiger charge is -2.07. The third kappa shape index (κ3) is 4.62. The fraction of sp³-hybridized carbons (Fsp3) is 0.278. The summed E-state index contributed by atoms with van der Waals surface area (Å²) in [4.78, 5) is 12.6. The van der Waals surface area contributed by atoms with Crippen molar-refractivity contribution in [2.45, 2.75) is 30.4 Å². The van der Waals surface area contributed by atoms with Crippen LogP contribution in [0.25, 0.3) is 0 Å². The Labute approximate surface area is 135 Å². The molecule has 2 aromatic rings. The van der Waals surface area contributed by atoms with Crippen LogP contribution in [-0.4, -0.2) is 11.7 Å². The number of hydrogen-bond donors (Lipinski definition) is 0. The Kier molecular flexibility index (Phi) is 5.89. The number of rotatable bonds is 6. The minimum Gasteiger partial charge on any atom is -0.293 e. The first-order chi connectivity index (χ1) is 10.1. The normalized spacial score (nSPS) is 10.9. The highest BCUT2D eigenvalue weighted by Crippen LogP contribution is 2.24. The molecule has 0 atom stereocenters. The van der Waals surface area contributed by atoms with Crippen molar-refractivity contribution in [1.82, 2.24) is 0 Å². The van der Waals surface area contributed by atoms with Gasteiger partial charge in [-0.3, -0.25) is 4.79 Å². The topological polar surface area (TPSA) is 17.1 Å². The summed E-state index contributed by atoms with van der Waals surface area (Å²) in [6.45, 7) is 4.40. The van der Waals surface area contributed by atoms with E-state index in [0.717, 1.165) is 10.6 Å². The molecule has 0 bridgehead atoms. The number of halogens is 1. The standard InChI is InChI=1S/C18H19ClOS/c1-13(2)15-5-3-14(4-6-15)12-21-17-9-7-16(8-10-17)18(20)11-19/h3-10,13H,11-12H2,1-2H3. The quantitative estimate of drug-likeness (QED) is 0.396. The van der Waals surface area contributed by atoms with E-state index in [4.69, 9.17) is 11.6 Å². The number of ketones is 1. The molecule has 0 fully saturated rings. The van der Waals surface area contributed by atoms with Gasteiger partial charge in [-0.05, 0) is 29.2 Å². The number of hydrogen-bond acceptors (Lipinski definition) is 2. The molecule has 0 aromatic heterocycles. The van der Waals surface area contributed by atoms with Crippen LogP contribution in [0.15, 0.2) is 53.4 Å². The van der Waals surface area contributed by atoms with Crippen LogP contribution in [0.3, 0.4) is 0 Å². The van der Waals surface area contributed by atoms with E-state index < -0.39 is 0 Å². The largest absolute Gasteiger partial charge is 0.293 e. The van der Waals surface area contributed by atoms with Crippen molar-refractivity contribution in [3.8, 4) is 0 Å². The Morgan fingerprint density at radius 1 is 1.05 bits per heavy atom. The van der Waals surface area contributed by atoms with Crippen LogP contribution in [0.2, 0.25) is 0 Å². The van der Waals surface area contributed by atoms with E-state index in [1.54, 1.807) is 11.8 Å². The first-order valence-corrected chi connectivity index (χ1v) is 8.53.